The average Bonchev–Trinajstić information content (AvgIpc) is 2.86. The standard InChI is InChI=1S/C16H15N3O2/c20-11-15-18-13-8-4-5-9-14(13)19(15)10-16(21)17-12-6-2-1-3-7-12/h1-9,20H,10-11H2,(H,17,21). The summed E-state index contributed by atoms with van der Waals surface area (Å²) in [5.41, 5.74) is 2.36. The normalized spacial score (nSPS) is 10.7. The lowest BCUT2D eigenvalue weighted by atomic mass is 10.3. The quantitative estimate of drug-likeness (QED) is 0.770. The molecule has 0 aliphatic carbocycles. The minimum absolute atomic E-state index is 0.116. The Labute approximate surface area is 121 Å². The molecule has 1 amide bonds. The van der Waals surface area contributed by atoms with E-state index in [0.717, 1.165) is 16.7 Å². The van der Waals surface area contributed by atoms with Crippen LogP contribution in [0.15, 0.2) is 54.6 Å². The molecule has 3 rings (SSSR count). The number of anilines is 1. The monoisotopic (exact) mass is 281 g/mol. The maximum Gasteiger partial charge on any atom is 0.244 e. The van der Waals surface area contributed by atoms with E-state index in [1.165, 1.54) is 0 Å². The molecule has 2 aromatic carbocycles. The van der Waals surface area contributed by atoms with Crippen molar-refractivity contribution in [1.29, 1.82) is 0 Å². The van der Waals surface area contributed by atoms with Gasteiger partial charge in [0.15, 0.2) is 0 Å². The zero-order valence-electron chi connectivity index (χ0n) is 11.4. The Bertz CT molecular complexity index is 766. The van der Waals surface area contributed by atoms with Crippen LogP contribution in [0.3, 0.4) is 0 Å². The lowest BCUT2D eigenvalue weighted by Crippen LogP contribution is -2.20. The third-order valence-electron chi connectivity index (χ3n) is 3.23. The molecule has 106 valence electrons. The highest BCUT2D eigenvalue weighted by Gasteiger charge is 2.12. The van der Waals surface area contributed by atoms with Crippen molar-refractivity contribution in [1.82, 2.24) is 9.55 Å². The van der Waals surface area contributed by atoms with E-state index in [4.69, 9.17) is 0 Å². The van der Waals surface area contributed by atoms with Gasteiger partial charge in [-0.1, -0.05) is 30.3 Å². The van der Waals surface area contributed by atoms with Crippen molar-refractivity contribution in [3.8, 4) is 0 Å². The number of rotatable bonds is 4. The number of para-hydroxylation sites is 3. The van der Waals surface area contributed by atoms with E-state index in [1.807, 2.05) is 54.6 Å². The molecule has 1 aromatic heterocycles. The topological polar surface area (TPSA) is 67.2 Å². The summed E-state index contributed by atoms with van der Waals surface area (Å²) in [6, 6.07) is 16.8. The van der Waals surface area contributed by atoms with Crippen LogP contribution in [-0.4, -0.2) is 20.6 Å². The van der Waals surface area contributed by atoms with Gasteiger partial charge in [0.25, 0.3) is 0 Å². The van der Waals surface area contributed by atoms with E-state index in [2.05, 4.69) is 10.3 Å². The number of benzene rings is 2. The van der Waals surface area contributed by atoms with Crippen LogP contribution in [0, 0.1) is 0 Å². The van der Waals surface area contributed by atoms with Gasteiger partial charge in [0.05, 0.1) is 11.0 Å². The van der Waals surface area contributed by atoms with Gasteiger partial charge in [-0.3, -0.25) is 4.79 Å². The van der Waals surface area contributed by atoms with E-state index < -0.39 is 0 Å². The smallest absolute Gasteiger partial charge is 0.244 e. The zero-order valence-corrected chi connectivity index (χ0v) is 11.4. The van der Waals surface area contributed by atoms with Crippen molar-refractivity contribution < 1.29 is 9.90 Å². The molecule has 0 spiro atoms. The molecule has 0 atom stereocenters. The number of aromatic nitrogens is 2. The fourth-order valence-corrected chi connectivity index (χ4v) is 2.29. The molecule has 0 unspecified atom stereocenters. The first-order chi connectivity index (χ1) is 10.3. The molecule has 2 N–H and O–H groups in total. The second-order valence-electron chi connectivity index (χ2n) is 4.68. The number of aliphatic hydroxyl groups is 1. The molecule has 0 radical (unpaired) electrons. The van der Waals surface area contributed by atoms with Gasteiger partial charge < -0.3 is 15.0 Å². The molecule has 0 bridgehead atoms. The number of hydrogen-bond acceptors (Lipinski definition) is 3. The fourth-order valence-electron chi connectivity index (χ4n) is 2.29. The number of aliphatic hydroxyl groups excluding tert-OH is 1. The van der Waals surface area contributed by atoms with Crippen molar-refractivity contribution in [2.24, 2.45) is 0 Å². The minimum atomic E-state index is -0.201. The third kappa shape index (κ3) is 2.78. The predicted octanol–water partition coefficient (Wildman–Crippen LogP) is 2.17. The molecule has 5 nitrogen and oxygen atoms in total. The highest BCUT2D eigenvalue weighted by atomic mass is 16.3. The number of amides is 1. The summed E-state index contributed by atoms with van der Waals surface area (Å²) in [6.45, 7) is -0.0847. The second kappa shape index (κ2) is 5.76. The first kappa shape index (κ1) is 13.3. The highest BCUT2D eigenvalue weighted by Crippen LogP contribution is 2.16. The molecule has 1 heterocycles. The number of hydrogen-bond donors (Lipinski definition) is 2. The first-order valence-corrected chi connectivity index (χ1v) is 6.68. The minimum Gasteiger partial charge on any atom is -0.388 e. The molecule has 0 aliphatic heterocycles. The number of carbonyl (C=O) groups excluding carboxylic acids is 1. The van der Waals surface area contributed by atoms with Crippen LogP contribution in [0.4, 0.5) is 5.69 Å². The van der Waals surface area contributed by atoms with Crippen molar-refractivity contribution >= 4 is 22.6 Å². The van der Waals surface area contributed by atoms with Crippen LogP contribution < -0.4 is 5.32 Å². The average molecular weight is 281 g/mol. The Morgan fingerprint density at radius 2 is 1.81 bits per heavy atom. The number of nitrogens with zero attached hydrogens (tertiary/aromatic N) is 2. The van der Waals surface area contributed by atoms with E-state index in [-0.39, 0.29) is 19.1 Å². The molecule has 0 aliphatic rings. The first-order valence-electron chi connectivity index (χ1n) is 6.68. The SMILES string of the molecule is O=C(Cn1c(CO)nc2ccccc21)Nc1ccccc1. The molecular formula is C16H15N3O2. The summed E-state index contributed by atoms with van der Waals surface area (Å²) < 4.78 is 1.73. The highest BCUT2D eigenvalue weighted by molar-refractivity contribution is 5.91. The summed E-state index contributed by atoms with van der Waals surface area (Å²) in [5, 5.41) is 12.2. The Hall–Kier alpha value is -2.66. The molecule has 3 aromatic rings. The Balaban J connectivity index is 1.85. The Morgan fingerprint density at radius 3 is 2.57 bits per heavy atom. The Morgan fingerprint density at radius 1 is 1.10 bits per heavy atom. The van der Waals surface area contributed by atoms with Gasteiger partial charge in [0.1, 0.15) is 19.0 Å². The molecule has 0 saturated heterocycles. The maximum atomic E-state index is 12.2. The van der Waals surface area contributed by atoms with Crippen molar-refractivity contribution in [2.75, 3.05) is 5.32 Å². The number of imidazole rings is 1. The Kier molecular flexibility index (Phi) is 3.66. The van der Waals surface area contributed by atoms with Gasteiger partial charge in [-0.05, 0) is 24.3 Å². The van der Waals surface area contributed by atoms with Gasteiger partial charge in [0, 0.05) is 5.69 Å². The van der Waals surface area contributed by atoms with Crippen LogP contribution in [0.2, 0.25) is 0 Å². The number of carbonyl (C=O) groups is 1. The van der Waals surface area contributed by atoms with Crippen LogP contribution in [0.5, 0.6) is 0 Å². The van der Waals surface area contributed by atoms with Crippen LogP contribution in [0.1, 0.15) is 5.82 Å². The molecule has 21 heavy (non-hydrogen) atoms. The predicted molar refractivity (Wildman–Crippen MR) is 80.7 cm³/mol. The maximum absolute atomic E-state index is 12.2. The van der Waals surface area contributed by atoms with Gasteiger partial charge in [-0.2, -0.15) is 0 Å². The van der Waals surface area contributed by atoms with Crippen molar-refractivity contribution in [2.45, 2.75) is 13.2 Å². The summed E-state index contributed by atoms with van der Waals surface area (Å²) in [5.74, 6) is 0.332. The lowest BCUT2D eigenvalue weighted by molar-refractivity contribution is -0.116. The molecule has 0 saturated carbocycles. The number of fused-ring (bicyclic) bond motifs is 1. The van der Waals surface area contributed by atoms with Crippen molar-refractivity contribution in [3.05, 3.63) is 60.4 Å². The summed E-state index contributed by atoms with van der Waals surface area (Å²) in [4.78, 5) is 16.5. The van der Waals surface area contributed by atoms with E-state index in [1.54, 1.807) is 4.57 Å². The second-order valence-corrected chi connectivity index (χ2v) is 4.68. The van der Waals surface area contributed by atoms with E-state index in [9.17, 15) is 9.90 Å². The van der Waals surface area contributed by atoms with Gasteiger partial charge >= 0.3 is 0 Å². The third-order valence-corrected chi connectivity index (χ3v) is 3.23. The van der Waals surface area contributed by atoms with Gasteiger partial charge in [0.2, 0.25) is 5.91 Å². The number of nitrogens with one attached hydrogen (secondary N) is 1. The van der Waals surface area contributed by atoms with E-state index >= 15 is 0 Å². The molecule has 5 heteroatoms. The summed E-state index contributed by atoms with van der Waals surface area (Å²) in [6.07, 6.45) is 0. The van der Waals surface area contributed by atoms with Crippen molar-refractivity contribution in [3.63, 3.8) is 0 Å². The lowest BCUT2D eigenvalue weighted by Gasteiger charge is -2.09. The van der Waals surface area contributed by atoms with Crippen LogP contribution >= 0.6 is 0 Å². The fraction of sp³-hybridized carbons (Fsp3) is 0.125. The van der Waals surface area contributed by atoms with Crippen LogP contribution in [-0.2, 0) is 17.9 Å². The van der Waals surface area contributed by atoms with Gasteiger partial charge in [-0.25, -0.2) is 4.98 Å². The summed E-state index contributed by atoms with van der Waals surface area (Å²) in [7, 11) is 0. The molecule has 0 fully saturated rings. The van der Waals surface area contributed by atoms with Gasteiger partial charge in [-0.15, -0.1) is 0 Å². The largest absolute Gasteiger partial charge is 0.388 e. The van der Waals surface area contributed by atoms with E-state index in [0.29, 0.717) is 5.82 Å². The van der Waals surface area contributed by atoms with Crippen LogP contribution in [0.25, 0.3) is 11.0 Å². The zero-order chi connectivity index (χ0) is 14.7. The molecular weight excluding hydrogens is 266 g/mol. The summed E-state index contributed by atoms with van der Waals surface area (Å²) >= 11 is 0.